The van der Waals surface area contributed by atoms with Gasteiger partial charge in [0.25, 0.3) is 0 Å². The van der Waals surface area contributed by atoms with Crippen LogP contribution in [-0.2, 0) is 4.74 Å². The van der Waals surface area contributed by atoms with Gasteiger partial charge in [0.2, 0.25) is 0 Å². The van der Waals surface area contributed by atoms with Crippen LogP contribution in [0.25, 0.3) is 0 Å². The minimum Gasteiger partial charge on any atom is -0.395 e. The molecule has 0 heterocycles. The van der Waals surface area contributed by atoms with Crippen molar-refractivity contribution in [3.8, 4) is 0 Å². The maximum absolute atomic E-state index is 8.79. The predicted octanol–water partition coefficient (Wildman–Crippen LogP) is 0.337. The van der Waals surface area contributed by atoms with Crippen molar-refractivity contribution in [2.45, 2.75) is 12.8 Å². The van der Waals surface area contributed by atoms with Gasteiger partial charge in [-0.05, 0) is 18.8 Å². The first kappa shape index (κ1) is 9.96. The Labute approximate surface area is 74.3 Å². The molecule has 0 aromatic carbocycles. The minimum atomic E-state index is 0.260. The van der Waals surface area contributed by atoms with Gasteiger partial charge in [0.05, 0.1) is 13.2 Å². The van der Waals surface area contributed by atoms with Crippen molar-refractivity contribution in [1.29, 1.82) is 0 Å². The van der Waals surface area contributed by atoms with Crippen molar-refractivity contribution in [3.05, 3.63) is 0 Å². The van der Waals surface area contributed by atoms with E-state index in [1.807, 2.05) is 0 Å². The fraction of sp³-hybridized carbons (Fsp3) is 1.00. The zero-order valence-electron chi connectivity index (χ0n) is 7.83. The highest BCUT2D eigenvalue weighted by Gasteiger charge is 2.23. The van der Waals surface area contributed by atoms with E-state index in [1.165, 1.54) is 12.8 Å². The summed E-state index contributed by atoms with van der Waals surface area (Å²) in [6.45, 7) is 3.92. The third-order valence-electron chi connectivity index (χ3n) is 2.24. The molecule has 0 aromatic rings. The number of ether oxygens (including phenoxy) is 1. The third kappa shape index (κ3) is 4.04. The molecule has 12 heavy (non-hydrogen) atoms. The van der Waals surface area contributed by atoms with Gasteiger partial charge < -0.3 is 9.84 Å². The molecule has 1 aliphatic carbocycles. The molecule has 72 valence electrons. The molecule has 0 spiro atoms. The standard InChI is InChI=1S/C9H19NO2/c1-12-7-5-10(4-6-11)8-9-2-3-9/h9,11H,2-8H2,1H3. The third-order valence-corrected chi connectivity index (χ3v) is 2.24. The average molecular weight is 173 g/mol. The SMILES string of the molecule is COCCN(CCO)CC1CC1. The molecule has 0 unspecified atom stereocenters. The number of aliphatic hydroxyl groups excluding tert-OH is 1. The molecule has 0 atom stereocenters. The van der Waals surface area contributed by atoms with E-state index in [1.54, 1.807) is 7.11 Å². The predicted molar refractivity (Wildman–Crippen MR) is 48.1 cm³/mol. The molecule has 3 nitrogen and oxygen atoms in total. The first-order valence-electron chi connectivity index (χ1n) is 4.69. The Morgan fingerprint density at radius 2 is 2.17 bits per heavy atom. The summed E-state index contributed by atoms with van der Waals surface area (Å²) in [4.78, 5) is 2.28. The summed E-state index contributed by atoms with van der Waals surface area (Å²) in [5.74, 6) is 0.897. The summed E-state index contributed by atoms with van der Waals surface area (Å²) in [6.07, 6.45) is 2.74. The zero-order valence-corrected chi connectivity index (χ0v) is 7.83. The van der Waals surface area contributed by atoms with Gasteiger partial charge in [-0.15, -0.1) is 0 Å². The van der Waals surface area contributed by atoms with Gasteiger partial charge >= 0.3 is 0 Å². The Kier molecular flexibility index (Phi) is 4.58. The second kappa shape index (κ2) is 5.51. The van der Waals surface area contributed by atoms with Crippen LogP contribution >= 0.6 is 0 Å². The van der Waals surface area contributed by atoms with E-state index in [4.69, 9.17) is 9.84 Å². The van der Waals surface area contributed by atoms with Crippen LogP contribution in [0, 0.1) is 5.92 Å². The molecule has 0 radical (unpaired) electrons. The monoisotopic (exact) mass is 173 g/mol. The smallest absolute Gasteiger partial charge is 0.0589 e. The largest absolute Gasteiger partial charge is 0.395 e. The molecular formula is C9H19NO2. The topological polar surface area (TPSA) is 32.7 Å². The van der Waals surface area contributed by atoms with E-state index in [2.05, 4.69) is 4.90 Å². The molecular weight excluding hydrogens is 154 g/mol. The van der Waals surface area contributed by atoms with Crippen molar-refractivity contribution >= 4 is 0 Å². The highest BCUT2D eigenvalue weighted by Crippen LogP contribution is 2.29. The molecule has 0 amide bonds. The lowest BCUT2D eigenvalue weighted by Gasteiger charge is -2.20. The van der Waals surface area contributed by atoms with E-state index in [0.29, 0.717) is 0 Å². The second-order valence-electron chi connectivity index (χ2n) is 3.46. The van der Waals surface area contributed by atoms with Crippen LogP contribution < -0.4 is 0 Å². The Morgan fingerprint density at radius 1 is 1.42 bits per heavy atom. The molecule has 1 fully saturated rings. The van der Waals surface area contributed by atoms with Crippen molar-refractivity contribution in [2.75, 3.05) is 40.0 Å². The molecule has 1 aliphatic rings. The first-order chi connectivity index (χ1) is 5.86. The summed E-state index contributed by atoms with van der Waals surface area (Å²) in [5.41, 5.74) is 0. The van der Waals surface area contributed by atoms with E-state index >= 15 is 0 Å². The Morgan fingerprint density at radius 3 is 2.67 bits per heavy atom. The molecule has 0 aromatic heterocycles. The minimum absolute atomic E-state index is 0.260. The number of hydrogen-bond acceptors (Lipinski definition) is 3. The number of aliphatic hydroxyl groups is 1. The molecule has 0 saturated heterocycles. The highest BCUT2D eigenvalue weighted by molar-refractivity contribution is 4.77. The molecule has 1 N–H and O–H groups in total. The zero-order chi connectivity index (χ0) is 8.81. The maximum Gasteiger partial charge on any atom is 0.0589 e. The quantitative estimate of drug-likeness (QED) is 0.602. The molecule has 0 aliphatic heterocycles. The van der Waals surface area contributed by atoms with Gasteiger partial charge in [-0.25, -0.2) is 0 Å². The second-order valence-corrected chi connectivity index (χ2v) is 3.46. The van der Waals surface area contributed by atoms with Crippen molar-refractivity contribution in [1.82, 2.24) is 4.90 Å². The van der Waals surface area contributed by atoms with E-state index in [-0.39, 0.29) is 6.61 Å². The number of rotatable bonds is 7. The fourth-order valence-corrected chi connectivity index (χ4v) is 1.32. The first-order valence-corrected chi connectivity index (χ1v) is 4.69. The van der Waals surface area contributed by atoms with E-state index in [9.17, 15) is 0 Å². The highest BCUT2D eigenvalue weighted by atomic mass is 16.5. The van der Waals surface area contributed by atoms with Crippen LogP contribution in [0.3, 0.4) is 0 Å². The van der Waals surface area contributed by atoms with Gasteiger partial charge in [0.15, 0.2) is 0 Å². The van der Waals surface area contributed by atoms with Crippen LogP contribution in [0.15, 0.2) is 0 Å². The Balaban J connectivity index is 2.07. The summed E-state index contributed by atoms with van der Waals surface area (Å²) < 4.78 is 5.00. The van der Waals surface area contributed by atoms with Crippen LogP contribution in [-0.4, -0.2) is 50.0 Å². The van der Waals surface area contributed by atoms with Gasteiger partial charge in [-0.2, -0.15) is 0 Å². The summed E-state index contributed by atoms with van der Waals surface area (Å²) >= 11 is 0. The summed E-state index contributed by atoms with van der Waals surface area (Å²) in [5, 5.41) is 8.79. The van der Waals surface area contributed by atoms with Gasteiger partial charge in [0.1, 0.15) is 0 Å². The number of hydrogen-bond donors (Lipinski definition) is 1. The van der Waals surface area contributed by atoms with Gasteiger partial charge in [-0.3, -0.25) is 4.90 Å². The van der Waals surface area contributed by atoms with Crippen LogP contribution in [0.4, 0.5) is 0 Å². The van der Waals surface area contributed by atoms with Crippen molar-refractivity contribution < 1.29 is 9.84 Å². The lowest BCUT2D eigenvalue weighted by atomic mass is 10.3. The molecule has 1 rings (SSSR count). The Bertz CT molecular complexity index is 115. The van der Waals surface area contributed by atoms with E-state index in [0.717, 1.165) is 32.2 Å². The van der Waals surface area contributed by atoms with Crippen molar-refractivity contribution in [3.63, 3.8) is 0 Å². The van der Waals surface area contributed by atoms with Crippen LogP contribution in [0.1, 0.15) is 12.8 Å². The van der Waals surface area contributed by atoms with Crippen LogP contribution in [0.5, 0.6) is 0 Å². The fourth-order valence-electron chi connectivity index (χ4n) is 1.32. The van der Waals surface area contributed by atoms with Crippen molar-refractivity contribution in [2.24, 2.45) is 5.92 Å². The van der Waals surface area contributed by atoms with Crippen LogP contribution in [0.2, 0.25) is 0 Å². The summed E-state index contributed by atoms with van der Waals surface area (Å²) in [7, 11) is 1.72. The molecule has 0 bridgehead atoms. The van der Waals surface area contributed by atoms with Gasteiger partial charge in [0, 0.05) is 26.7 Å². The number of nitrogens with zero attached hydrogens (tertiary/aromatic N) is 1. The normalized spacial score (nSPS) is 17.2. The average Bonchev–Trinajstić information content (AvgIpc) is 2.84. The maximum atomic E-state index is 8.79. The Hall–Kier alpha value is -0.120. The lowest BCUT2D eigenvalue weighted by Crippen LogP contribution is -2.32. The summed E-state index contributed by atoms with van der Waals surface area (Å²) in [6, 6.07) is 0. The van der Waals surface area contributed by atoms with E-state index < -0.39 is 0 Å². The molecule has 3 heteroatoms. The molecule has 1 saturated carbocycles. The lowest BCUT2D eigenvalue weighted by molar-refractivity contribution is 0.128. The van der Waals surface area contributed by atoms with Gasteiger partial charge in [-0.1, -0.05) is 0 Å². The number of methoxy groups -OCH3 is 1.